The molecule has 2 atom stereocenters. The number of nitrogens with zero attached hydrogens (tertiary/aromatic N) is 1. The van der Waals surface area contributed by atoms with Crippen molar-refractivity contribution in [3.05, 3.63) is 42.1 Å². The molecule has 0 bridgehead atoms. The van der Waals surface area contributed by atoms with Gasteiger partial charge in [-0.1, -0.05) is 37.1 Å². The summed E-state index contributed by atoms with van der Waals surface area (Å²) in [5, 5.41) is 4.03. The van der Waals surface area contributed by atoms with E-state index in [1.165, 1.54) is 12.8 Å². The molecule has 21 heavy (non-hydrogen) atoms. The number of hydrogen-bond donors (Lipinski definition) is 2. The third-order valence-corrected chi connectivity index (χ3v) is 4.32. The summed E-state index contributed by atoms with van der Waals surface area (Å²) in [6.45, 7) is 0.647. The number of benzene rings is 1. The number of fused-ring (bicyclic) bond motifs is 1. The van der Waals surface area contributed by atoms with Crippen LogP contribution in [0, 0.1) is 5.92 Å². The first kappa shape index (κ1) is 14.0. The molecule has 110 valence electrons. The molecule has 1 fully saturated rings. The molecule has 0 spiro atoms. The van der Waals surface area contributed by atoms with E-state index in [2.05, 4.69) is 10.3 Å². The molecule has 1 aliphatic rings. The van der Waals surface area contributed by atoms with E-state index in [0.717, 1.165) is 23.7 Å². The Bertz CT molecular complexity index is 641. The summed E-state index contributed by atoms with van der Waals surface area (Å²) in [5.41, 5.74) is 7.43. The Kier molecular flexibility index (Phi) is 4.15. The zero-order chi connectivity index (χ0) is 14.7. The van der Waals surface area contributed by atoms with Gasteiger partial charge >= 0.3 is 0 Å². The van der Waals surface area contributed by atoms with E-state index in [9.17, 15) is 4.79 Å². The number of carbonyl (C=O) groups excluding carboxylic acids is 1. The summed E-state index contributed by atoms with van der Waals surface area (Å²) < 4.78 is 0. The van der Waals surface area contributed by atoms with Gasteiger partial charge in [0.15, 0.2) is 0 Å². The van der Waals surface area contributed by atoms with Crippen LogP contribution in [-0.4, -0.2) is 23.5 Å². The molecule has 3 N–H and O–H groups in total. The zero-order valence-corrected chi connectivity index (χ0v) is 12.1. The second-order valence-electron chi connectivity index (χ2n) is 5.81. The third kappa shape index (κ3) is 3.22. The monoisotopic (exact) mass is 283 g/mol. The average Bonchev–Trinajstić information content (AvgIpc) is 2.53. The van der Waals surface area contributed by atoms with Crippen LogP contribution >= 0.6 is 0 Å². The number of amides is 1. The first-order chi connectivity index (χ1) is 10.2. The highest BCUT2D eigenvalue weighted by Crippen LogP contribution is 2.22. The summed E-state index contributed by atoms with van der Waals surface area (Å²) >= 11 is 0. The van der Waals surface area contributed by atoms with E-state index in [4.69, 9.17) is 5.73 Å². The number of rotatable bonds is 3. The molecule has 3 rings (SSSR count). The molecule has 2 aromatic rings. The quantitative estimate of drug-likeness (QED) is 0.909. The van der Waals surface area contributed by atoms with Crippen molar-refractivity contribution in [1.82, 2.24) is 10.3 Å². The first-order valence-electron chi connectivity index (χ1n) is 7.63. The van der Waals surface area contributed by atoms with Crippen molar-refractivity contribution in [2.75, 3.05) is 6.54 Å². The van der Waals surface area contributed by atoms with Gasteiger partial charge < -0.3 is 11.1 Å². The number of carbonyl (C=O) groups is 1. The Balaban J connectivity index is 1.66. The van der Waals surface area contributed by atoms with Crippen LogP contribution < -0.4 is 11.1 Å². The van der Waals surface area contributed by atoms with Gasteiger partial charge in [-0.05, 0) is 30.9 Å². The largest absolute Gasteiger partial charge is 0.350 e. The third-order valence-electron chi connectivity index (χ3n) is 4.32. The van der Waals surface area contributed by atoms with Gasteiger partial charge in [0, 0.05) is 18.0 Å². The highest BCUT2D eigenvalue weighted by molar-refractivity contribution is 5.94. The maximum Gasteiger partial charge on any atom is 0.269 e. The summed E-state index contributed by atoms with van der Waals surface area (Å²) in [7, 11) is 0. The first-order valence-corrected chi connectivity index (χ1v) is 7.63. The van der Waals surface area contributed by atoms with Crippen molar-refractivity contribution in [1.29, 1.82) is 0 Å². The molecule has 0 saturated heterocycles. The van der Waals surface area contributed by atoms with Crippen molar-refractivity contribution in [3.8, 4) is 0 Å². The second-order valence-corrected chi connectivity index (χ2v) is 5.81. The van der Waals surface area contributed by atoms with Crippen LogP contribution in [0.25, 0.3) is 10.9 Å². The molecular formula is C17H21N3O. The summed E-state index contributed by atoms with van der Waals surface area (Å²) in [4.78, 5) is 16.6. The minimum Gasteiger partial charge on any atom is -0.350 e. The van der Waals surface area contributed by atoms with Crippen LogP contribution in [0.2, 0.25) is 0 Å². The van der Waals surface area contributed by atoms with Gasteiger partial charge in [0.2, 0.25) is 0 Å². The zero-order valence-electron chi connectivity index (χ0n) is 12.1. The Morgan fingerprint density at radius 3 is 2.86 bits per heavy atom. The summed E-state index contributed by atoms with van der Waals surface area (Å²) in [5.74, 6) is 0.279. The van der Waals surface area contributed by atoms with Crippen molar-refractivity contribution < 1.29 is 4.79 Å². The van der Waals surface area contributed by atoms with Crippen LogP contribution in [0.1, 0.15) is 36.2 Å². The van der Waals surface area contributed by atoms with Crippen LogP contribution in [0.4, 0.5) is 0 Å². The molecule has 1 aliphatic carbocycles. The van der Waals surface area contributed by atoms with E-state index in [1.54, 1.807) is 6.07 Å². The van der Waals surface area contributed by atoms with Crippen LogP contribution in [0.5, 0.6) is 0 Å². The van der Waals surface area contributed by atoms with E-state index < -0.39 is 0 Å². The molecule has 2 unspecified atom stereocenters. The fourth-order valence-corrected chi connectivity index (χ4v) is 3.00. The Morgan fingerprint density at radius 1 is 1.19 bits per heavy atom. The van der Waals surface area contributed by atoms with Gasteiger partial charge in [-0.25, -0.2) is 4.98 Å². The maximum atomic E-state index is 12.2. The number of nitrogens with two attached hydrogens (primary N) is 1. The molecule has 0 aliphatic heterocycles. The molecule has 4 nitrogen and oxygen atoms in total. The van der Waals surface area contributed by atoms with E-state index in [0.29, 0.717) is 18.2 Å². The molecule has 1 saturated carbocycles. The lowest BCUT2D eigenvalue weighted by Crippen LogP contribution is -2.41. The van der Waals surface area contributed by atoms with Crippen molar-refractivity contribution in [2.45, 2.75) is 31.7 Å². The van der Waals surface area contributed by atoms with Crippen LogP contribution in [0.15, 0.2) is 36.4 Å². The van der Waals surface area contributed by atoms with Gasteiger partial charge in [0.25, 0.3) is 5.91 Å². The lowest BCUT2D eigenvalue weighted by molar-refractivity contribution is 0.0936. The fraction of sp³-hybridized carbons (Fsp3) is 0.412. The van der Waals surface area contributed by atoms with Crippen LogP contribution in [-0.2, 0) is 0 Å². The molecule has 0 radical (unpaired) electrons. The lowest BCUT2D eigenvalue weighted by atomic mass is 9.85. The van der Waals surface area contributed by atoms with Gasteiger partial charge in [-0.15, -0.1) is 0 Å². The second kappa shape index (κ2) is 6.22. The SMILES string of the molecule is NC1CCCCC1CNC(=O)c1ccc2ccccc2n1. The number of pyridine rings is 1. The minimum absolute atomic E-state index is 0.112. The summed E-state index contributed by atoms with van der Waals surface area (Å²) in [6, 6.07) is 11.7. The standard InChI is InChI=1S/C17H21N3O/c18-14-7-3-1-6-13(14)11-19-17(21)16-10-9-12-5-2-4-8-15(12)20-16/h2,4-5,8-10,13-14H,1,3,6-7,11,18H2,(H,19,21). The highest BCUT2D eigenvalue weighted by atomic mass is 16.1. The number of para-hydroxylation sites is 1. The summed E-state index contributed by atoms with van der Waals surface area (Å²) in [6.07, 6.45) is 4.58. The maximum absolute atomic E-state index is 12.2. The van der Waals surface area contributed by atoms with Crippen molar-refractivity contribution >= 4 is 16.8 Å². The Morgan fingerprint density at radius 2 is 2.00 bits per heavy atom. The average molecular weight is 283 g/mol. The molecule has 1 amide bonds. The van der Waals surface area contributed by atoms with Gasteiger partial charge in [-0.2, -0.15) is 0 Å². The Labute approximate surface area is 124 Å². The normalized spacial score (nSPS) is 22.1. The van der Waals surface area contributed by atoms with E-state index in [1.807, 2.05) is 30.3 Å². The number of hydrogen-bond acceptors (Lipinski definition) is 3. The van der Waals surface area contributed by atoms with Crippen molar-refractivity contribution in [3.63, 3.8) is 0 Å². The molecule has 1 aromatic heterocycles. The molecular weight excluding hydrogens is 262 g/mol. The molecule has 4 heteroatoms. The lowest BCUT2D eigenvalue weighted by Gasteiger charge is -2.28. The van der Waals surface area contributed by atoms with Crippen molar-refractivity contribution in [2.24, 2.45) is 11.7 Å². The Hall–Kier alpha value is -1.94. The van der Waals surface area contributed by atoms with Gasteiger partial charge in [-0.3, -0.25) is 4.79 Å². The highest BCUT2D eigenvalue weighted by Gasteiger charge is 2.22. The van der Waals surface area contributed by atoms with Crippen LogP contribution in [0.3, 0.4) is 0 Å². The van der Waals surface area contributed by atoms with Gasteiger partial charge in [0.05, 0.1) is 5.52 Å². The predicted molar refractivity (Wildman–Crippen MR) is 84.0 cm³/mol. The van der Waals surface area contributed by atoms with Gasteiger partial charge in [0.1, 0.15) is 5.69 Å². The smallest absolute Gasteiger partial charge is 0.269 e. The fourth-order valence-electron chi connectivity index (χ4n) is 3.00. The number of nitrogens with one attached hydrogen (secondary N) is 1. The number of aromatic nitrogens is 1. The van der Waals surface area contributed by atoms with E-state index >= 15 is 0 Å². The minimum atomic E-state index is -0.112. The predicted octanol–water partition coefficient (Wildman–Crippen LogP) is 2.48. The molecule has 1 heterocycles. The topological polar surface area (TPSA) is 68.0 Å². The van der Waals surface area contributed by atoms with E-state index in [-0.39, 0.29) is 11.9 Å². The molecule has 1 aromatic carbocycles.